The SMILES string of the molecule is O=C(Nc1ccccc1Cl)c1cccc(C(F)(F)F)c1Cl. The van der Waals surface area contributed by atoms with Crippen LogP contribution in [0.2, 0.25) is 10.0 Å². The number of halogens is 5. The summed E-state index contributed by atoms with van der Waals surface area (Å²) >= 11 is 11.6. The summed E-state index contributed by atoms with van der Waals surface area (Å²) < 4.78 is 38.2. The number of hydrogen-bond acceptors (Lipinski definition) is 1. The number of alkyl halides is 3. The van der Waals surface area contributed by atoms with Gasteiger partial charge in [-0.1, -0.05) is 41.4 Å². The average Bonchev–Trinajstić information content (AvgIpc) is 2.40. The van der Waals surface area contributed by atoms with Crippen LogP contribution in [0.3, 0.4) is 0 Å². The molecule has 0 aliphatic heterocycles. The van der Waals surface area contributed by atoms with Gasteiger partial charge >= 0.3 is 6.18 Å². The first-order valence-electron chi connectivity index (χ1n) is 5.72. The first kappa shape index (κ1) is 15.7. The van der Waals surface area contributed by atoms with Crippen LogP contribution in [-0.2, 0) is 6.18 Å². The quantitative estimate of drug-likeness (QED) is 0.797. The van der Waals surface area contributed by atoms with E-state index in [0.717, 1.165) is 12.1 Å². The van der Waals surface area contributed by atoms with E-state index in [1.54, 1.807) is 18.2 Å². The normalized spacial score (nSPS) is 11.3. The van der Waals surface area contributed by atoms with E-state index in [1.807, 2.05) is 0 Å². The van der Waals surface area contributed by atoms with Crippen LogP contribution >= 0.6 is 23.2 Å². The lowest BCUT2D eigenvalue weighted by Gasteiger charge is -2.12. The highest BCUT2D eigenvalue weighted by Crippen LogP contribution is 2.36. The van der Waals surface area contributed by atoms with Crippen LogP contribution < -0.4 is 5.32 Å². The minimum absolute atomic E-state index is 0.272. The van der Waals surface area contributed by atoms with Crippen LogP contribution in [0.5, 0.6) is 0 Å². The molecule has 7 heteroatoms. The molecule has 0 heterocycles. The van der Waals surface area contributed by atoms with E-state index in [0.29, 0.717) is 0 Å². The van der Waals surface area contributed by atoms with Crippen molar-refractivity contribution in [2.24, 2.45) is 0 Å². The van der Waals surface area contributed by atoms with Crippen molar-refractivity contribution in [2.45, 2.75) is 6.18 Å². The number of anilines is 1. The van der Waals surface area contributed by atoms with Crippen molar-refractivity contribution >= 4 is 34.8 Å². The molecule has 21 heavy (non-hydrogen) atoms. The standard InChI is InChI=1S/C14H8Cl2F3NO/c15-10-6-1-2-7-11(10)20-13(21)8-4-3-5-9(12(8)16)14(17,18)19/h1-7H,(H,20,21). The molecule has 0 aromatic heterocycles. The van der Waals surface area contributed by atoms with Gasteiger partial charge < -0.3 is 5.32 Å². The maximum Gasteiger partial charge on any atom is 0.417 e. The van der Waals surface area contributed by atoms with Crippen molar-refractivity contribution in [3.63, 3.8) is 0 Å². The Balaban J connectivity index is 2.35. The van der Waals surface area contributed by atoms with E-state index >= 15 is 0 Å². The van der Waals surface area contributed by atoms with Crippen molar-refractivity contribution < 1.29 is 18.0 Å². The number of benzene rings is 2. The minimum atomic E-state index is -4.63. The second kappa shape index (κ2) is 5.95. The van der Waals surface area contributed by atoms with E-state index in [9.17, 15) is 18.0 Å². The van der Waals surface area contributed by atoms with E-state index in [2.05, 4.69) is 5.32 Å². The molecule has 110 valence electrons. The molecule has 2 rings (SSSR count). The molecular formula is C14H8Cl2F3NO. The van der Waals surface area contributed by atoms with Gasteiger partial charge in [-0.3, -0.25) is 4.79 Å². The zero-order valence-electron chi connectivity index (χ0n) is 10.3. The van der Waals surface area contributed by atoms with Crippen molar-refractivity contribution in [1.82, 2.24) is 0 Å². The number of rotatable bonds is 2. The summed E-state index contributed by atoms with van der Waals surface area (Å²) in [5.41, 5.74) is -1.04. The van der Waals surface area contributed by atoms with Crippen molar-refractivity contribution in [3.05, 3.63) is 63.6 Å². The Kier molecular flexibility index (Phi) is 4.44. The topological polar surface area (TPSA) is 29.1 Å². The average molecular weight is 334 g/mol. The fraction of sp³-hybridized carbons (Fsp3) is 0.0714. The molecule has 2 nitrogen and oxygen atoms in total. The van der Waals surface area contributed by atoms with Gasteiger partial charge in [0.15, 0.2) is 0 Å². The number of nitrogens with one attached hydrogen (secondary N) is 1. The monoisotopic (exact) mass is 333 g/mol. The number of carbonyl (C=O) groups is 1. The third-order valence-electron chi connectivity index (χ3n) is 2.67. The fourth-order valence-electron chi connectivity index (χ4n) is 1.68. The van der Waals surface area contributed by atoms with Gasteiger partial charge in [0.25, 0.3) is 5.91 Å². The molecule has 0 aliphatic carbocycles. The molecule has 0 spiro atoms. The van der Waals surface area contributed by atoms with Crippen molar-refractivity contribution in [1.29, 1.82) is 0 Å². The summed E-state index contributed by atoms with van der Waals surface area (Å²) in [6.45, 7) is 0. The maximum atomic E-state index is 12.7. The number of hydrogen-bond donors (Lipinski definition) is 1. The van der Waals surface area contributed by atoms with Gasteiger partial charge in [-0.15, -0.1) is 0 Å². The molecule has 0 aliphatic rings. The smallest absolute Gasteiger partial charge is 0.321 e. The third-order valence-corrected chi connectivity index (χ3v) is 3.41. The lowest BCUT2D eigenvalue weighted by Crippen LogP contribution is -2.15. The molecule has 0 atom stereocenters. The summed E-state index contributed by atoms with van der Waals surface area (Å²) in [7, 11) is 0. The van der Waals surface area contributed by atoms with E-state index in [1.165, 1.54) is 12.1 Å². The summed E-state index contributed by atoms with van der Waals surface area (Å²) in [6.07, 6.45) is -4.63. The van der Waals surface area contributed by atoms with Crippen LogP contribution in [0, 0.1) is 0 Å². The van der Waals surface area contributed by atoms with Crippen molar-refractivity contribution in [2.75, 3.05) is 5.32 Å². The molecule has 2 aromatic carbocycles. The lowest BCUT2D eigenvalue weighted by atomic mass is 10.1. The maximum absolute atomic E-state index is 12.7. The highest BCUT2D eigenvalue weighted by molar-refractivity contribution is 6.36. The number of amides is 1. The van der Waals surface area contributed by atoms with E-state index in [4.69, 9.17) is 23.2 Å². The fourth-order valence-corrected chi connectivity index (χ4v) is 2.18. The summed E-state index contributed by atoms with van der Waals surface area (Å²) in [4.78, 5) is 12.0. The Hall–Kier alpha value is -1.72. The second-order valence-corrected chi connectivity index (χ2v) is 4.88. The van der Waals surface area contributed by atoms with Crippen LogP contribution in [0.15, 0.2) is 42.5 Å². The highest BCUT2D eigenvalue weighted by atomic mass is 35.5. The van der Waals surface area contributed by atoms with Crippen molar-refractivity contribution in [3.8, 4) is 0 Å². The molecule has 1 amide bonds. The minimum Gasteiger partial charge on any atom is -0.321 e. The van der Waals surface area contributed by atoms with Crippen LogP contribution in [0.1, 0.15) is 15.9 Å². The molecule has 0 fully saturated rings. The predicted octanol–water partition coefficient (Wildman–Crippen LogP) is 5.26. The highest BCUT2D eigenvalue weighted by Gasteiger charge is 2.34. The summed E-state index contributed by atoms with van der Waals surface area (Å²) in [5, 5.41) is 2.05. The Labute approximate surface area is 128 Å². The number of carbonyl (C=O) groups excluding carboxylic acids is 1. The van der Waals surface area contributed by atoms with Gasteiger partial charge in [-0.05, 0) is 24.3 Å². The van der Waals surface area contributed by atoms with Crippen LogP contribution in [0.25, 0.3) is 0 Å². The molecule has 2 aromatic rings. The van der Waals surface area contributed by atoms with Gasteiger partial charge in [-0.25, -0.2) is 0 Å². The van der Waals surface area contributed by atoms with Crippen LogP contribution in [-0.4, -0.2) is 5.91 Å². The van der Waals surface area contributed by atoms with Gasteiger partial charge in [-0.2, -0.15) is 13.2 Å². The Morgan fingerprint density at radius 3 is 2.29 bits per heavy atom. The third kappa shape index (κ3) is 3.49. The van der Waals surface area contributed by atoms with Gasteiger partial charge in [0.2, 0.25) is 0 Å². The van der Waals surface area contributed by atoms with E-state index in [-0.39, 0.29) is 16.3 Å². The largest absolute Gasteiger partial charge is 0.417 e. The molecular weight excluding hydrogens is 326 g/mol. The lowest BCUT2D eigenvalue weighted by molar-refractivity contribution is -0.137. The second-order valence-electron chi connectivity index (χ2n) is 4.10. The Morgan fingerprint density at radius 2 is 1.67 bits per heavy atom. The molecule has 0 unspecified atom stereocenters. The zero-order valence-corrected chi connectivity index (χ0v) is 11.9. The zero-order chi connectivity index (χ0) is 15.6. The Bertz CT molecular complexity index is 686. The Morgan fingerprint density at radius 1 is 1.00 bits per heavy atom. The molecule has 0 bridgehead atoms. The number of para-hydroxylation sites is 1. The van der Waals surface area contributed by atoms with Crippen LogP contribution in [0.4, 0.5) is 18.9 Å². The molecule has 0 saturated carbocycles. The first-order chi connectivity index (χ1) is 9.80. The van der Waals surface area contributed by atoms with E-state index < -0.39 is 22.7 Å². The van der Waals surface area contributed by atoms with Gasteiger partial charge in [0, 0.05) is 0 Å². The van der Waals surface area contributed by atoms with Gasteiger partial charge in [0.1, 0.15) is 0 Å². The summed E-state index contributed by atoms with van der Waals surface area (Å²) in [5.74, 6) is -0.765. The predicted molar refractivity (Wildman–Crippen MR) is 75.9 cm³/mol. The molecule has 0 radical (unpaired) electrons. The first-order valence-corrected chi connectivity index (χ1v) is 6.48. The molecule has 1 N–H and O–H groups in total. The summed E-state index contributed by atoms with van der Waals surface area (Å²) in [6, 6.07) is 9.52. The molecule has 0 saturated heterocycles. The van der Waals surface area contributed by atoms with Gasteiger partial charge in [0.05, 0.1) is 26.9 Å².